The molecule has 2 rings (SSSR count). The average molecular weight is 309 g/mol. The van der Waals surface area contributed by atoms with Crippen molar-refractivity contribution in [2.45, 2.75) is 39.7 Å². The molecule has 0 fully saturated rings. The second kappa shape index (κ2) is 5.80. The minimum absolute atomic E-state index is 0.00966. The van der Waals surface area contributed by atoms with E-state index in [0.29, 0.717) is 11.5 Å². The van der Waals surface area contributed by atoms with Crippen LogP contribution in [0.3, 0.4) is 0 Å². The number of thiazole rings is 1. The predicted molar refractivity (Wildman–Crippen MR) is 82.8 cm³/mol. The summed E-state index contributed by atoms with van der Waals surface area (Å²) >= 11 is 1.54. The number of nitrogens with zero attached hydrogens (tertiary/aromatic N) is 4. The van der Waals surface area contributed by atoms with Crippen molar-refractivity contribution in [2.75, 3.05) is 5.32 Å². The summed E-state index contributed by atoms with van der Waals surface area (Å²) in [5, 5.41) is 21.7. The lowest BCUT2D eigenvalue weighted by Crippen LogP contribution is -2.11. The van der Waals surface area contributed by atoms with Crippen LogP contribution >= 0.6 is 11.3 Å². The summed E-state index contributed by atoms with van der Waals surface area (Å²) < 4.78 is 1.53. The van der Waals surface area contributed by atoms with Crippen LogP contribution in [0.4, 0.5) is 11.5 Å². The lowest BCUT2D eigenvalue weighted by atomic mass is 10.1. The Bertz CT molecular complexity index is 662. The standard InChI is InChI=1S/C13H19N5O2S/c1-7(2)10-11(18(19)20)12(17(5)16-10)15-9(4)13-14-8(3)6-21-13/h6-7,9,15H,1-5H3. The average Bonchev–Trinajstić information content (AvgIpc) is 2.94. The summed E-state index contributed by atoms with van der Waals surface area (Å²) in [6, 6.07) is -0.113. The molecule has 0 aliphatic carbocycles. The summed E-state index contributed by atoms with van der Waals surface area (Å²) in [7, 11) is 1.71. The molecule has 0 spiro atoms. The van der Waals surface area contributed by atoms with Crippen molar-refractivity contribution in [3.63, 3.8) is 0 Å². The number of rotatable bonds is 5. The van der Waals surface area contributed by atoms with Crippen LogP contribution in [0.25, 0.3) is 0 Å². The molecule has 0 amide bonds. The van der Waals surface area contributed by atoms with E-state index in [-0.39, 0.29) is 22.6 Å². The Morgan fingerprint density at radius 2 is 2.10 bits per heavy atom. The number of aromatic nitrogens is 3. The summed E-state index contributed by atoms with van der Waals surface area (Å²) in [5.74, 6) is 0.411. The van der Waals surface area contributed by atoms with Gasteiger partial charge in [0.1, 0.15) is 10.7 Å². The highest BCUT2D eigenvalue weighted by Crippen LogP contribution is 2.35. The van der Waals surface area contributed by atoms with Crippen molar-refractivity contribution in [3.05, 3.63) is 31.9 Å². The van der Waals surface area contributed by atoms with Crippen molar-refractivity contribution >= 4 is 22.8 Å². The van der Waals surface area contributed by atoms with Crippen LogP contribution in [0.1, 0.15) is 49.1 Å². The molecule has 0 radical (unpaired) electrons. The lowest BCUT2D eigenvalue weighted by Gasteiger charge is -2.12. The molecule has 21 heavy (non-hydrogen) atoms. The predicted octanol–water partition coefficient (Wildman–Crippen LogP) is 3.39. The highest BCUT2D eigenvalue weighted by molar-refractivity contribution is 7.09. The van der Waals surface area contributed by atoms with Gasteiger partial charge in [0.25, 0.3) is 0 Å². The van der Waals surface area contributed by atoms with Crippen LogP contribution < -0.4 is 5.32 Å². The van der Waals surface area contributed by atoms with Gasteiger partial charge in [0, 0.05) is 24.0 Å². The topological polar surface area (TPSA) is 85.9 Å². The number of anilines is 1. The van der Waals surface area contributed by atoms with E-state index in [9.17, 15) is 10.1 Å². The molecular weight excluding hydrogens is 290 g/mol. The zero-order chi connectivity index (χ0) is 15.7. The van der Waals surface area contributed by atoms with Gasteiger partial charge in [0.2, 0.25) is 5.82 Å². The highest BCUT2D eigenvalue weighted by atomic mass is 32.1. The smallest absolute Gasteiger partial charge is 0.334 e. The summed E-state index contributed by atoms with van der Waals surface area (Å²) in [5.41, 5.74) is 1.49. The zero-order valence-electron chi connectivity index (χ0n) is 12.7. The SMILES string of the molecule is Cc1csc(C(C)Nc2c([N+](=O)[O-])c(C(C)C)nn2C)n1. The second-order valence-corrected chi connectivity index (χ2v) is 6.20. The molecular formula is C13H19N5O2S. The minimum Gasteiger partial charge on any atom is -0.356 e. The van der Waals surface area contributed by atoms with Gasteiger partial charge < -0.3 is 5.32 Å². The maximum absolute atomic E-state index is 11.4. The molecule has 0 aliphatic rings. The fourth-order valence-corrected chi connectivity index (χ4v) is 2.91. The molecule has 2 aromatic rings. The van der Waals surface area contributed by atoms with Gasteiger partial charge in [0.05, 0.1) is 11.0 Å². The monoisotopic (exact) mass is 309 g/mol. The van der Waals surface area contributed by atoms with Crippen molar-refractivity contribution in [1.29, 1.82) is 0 Å². The van der Waals surface area contributed by atoms with Gasteiger partial charge in [-0.3, -0.25) is 10.1 Å². The maximum atomic E-state index is 11.4. The second-order valence-electron chi connectivity index (χ2n) is 5.31. The van der Waals surface area contributed by atoms with Gasteiger partial charge >= 0.3 is 5.69 Å². The molecule has 1 N–H and O–H groups in total. The molecule has 0 saturated carbocycles. The van der Waals surface area contributed by atoms with Crippen molar-refractivity contribution in [1.82, 2.24) is 14.8 Å². The van der Waals surface area contributed by atoms with E-state index < -0.39 is 0 Å². The van der Waals surface area contributed by atoms with E-state index in [1.54, 1.807) is 7.05 Å². The number of hydrogen-bond donors (Lipinski definition) is 1. The van der Waals surface area contributed by atoms with Crippen molar-refractivity contribution in [3.8, 4) is 0 Å². The molecule has 2 aromatic heterocycles. The Hall–Kier alpha value is -1.96. The molecule has 0 aromatic carbocycles. The van der Waals surface area contributed by atoms with Gasteiger partial charge in [-0.1, -0.05) is 13.8 Å². The van der Waals surface area contributed by atoms with Gasteiger partial charge in [0.15, 0.2) is 0 Å². The Morgan fingerprint density at radius 3 is 2.57 bits per heavy atom. The molecule has 7 nitrogen and oxygen atoms in total. The fraction of sp³-hybridized carbons (Fsp3) is 0.538. The van der Waals surface area contributed by atoms with E-state index in [4.69, 9.17) is 0 Å². The fourth-order valence-electron chi connectivity index (χ4n) is 2.10. The third kappa shape index (κ3) is 3.05. The van der Waals surface area contributed by atoms with Crippen LogP contribution in [0.5, 0.6) is 0 Å². The summed E-state index contributed by atoms with van der Waals surface area (Å²) in [4.78, 5) is 15.4. The third-order valence-corrected chi connectivity index (χ3v) is 4.28. The van der Waals surface area contributed by atoms with Gasteiger partial charge in [-0.05, 0) is 13.8 Å². The first kappa shape index (κ1) is 15.4. The summed E-state index contributed by atoms with van der Waals surface area (Å²) in [6.07, 6.45) is 0. The Balaban J connectivity index is 2.37. The molecule has 2 heterocycles. The van der Waals surface area contributed by atoms with E-state index >= 15 is 0 Å². The van der Waals surface area contributed by atoms with E-state index in [1.165, 1.54) is 16.0 Å². The number of nitro groups is 1. The Kier molecular flexibility index (Phi) is 4.26. The lowest BCUT2D eigenvalue weighted by molar-refractivity contribution is -0.384. The van der Waals surface area contributed by atoms with Crippen LogP contribution in [0, 0.1) is 17.0 Å². The van der Waals surface area contributed by atoms with E-state index in [2.05, 4.69) is 15.4 Å². The van der Waals surface area contributed by atoms with Crippen LogP contribution in [0.2, 0.25) is 0 Å². The van der Waals surface area contributed by atoms with Crippen LogP contribution in [-0.4, -0.2) is 19.7 Å². The van der Waals surface area contributed by atoms with E-state index in [0.717, 1.165) is 10.7 Å². The van der Waals surface area contributed by atoms with Crippen LogP contribution in [0.15, 0.2) is 5.38 Å². The normalized spacial score (nSPS) is 12.7. The van der Waals surface area contributed by atoms with Crippen LogP contribution in [-0.2, 0) is 7.05 Å². The first-order valence-corrected chi connectivity index (χ1v) is 7.59. The molecule has 8 heteroatoms. The summed E-state index contributed by atoms with van der Waals surface area (Å²) in [6.45, 7) is 7.65. The molecule has 0 aliphatic heterocycles. The molecule has 1 unspecified atom stereocenters. The Morgan fingerprint density at radius 1 is 1.43 bits per heavy atom. The van der Waals surface area contributed by atoms with Gasteiger partial charge in [-0.2, -0.15) is 5.10 Å². The number of aryl methyl sites for hydroxylation is 2. The number of nitrogens with one attached hydrogen (secondary N) is 1. The first-order valence-electron chi connectivity index (χ1n) is 6.71. The zero-order valence-corrected chi connectivity index (χ0v) is 13.6. The van der Waals surface area contributed by atoms with Crippen molar-refractivity contribution < 1.29 is 4.92 Å². The largest absolute Gasteiger partial charge is 0.356 e. The first-order chi connectivity index (χ1) is 9.81. The minimum atomic E-state index is -0.371. The molecule has 0 bridgehead atoms. The third-order valence-electron chi connectivity index (χ3n) is 3.14. The van der Waals surface area contributed by atoms with Crippen molar-refractivity contribution in [2.24, 2.45) is 7.05 Å². The molecule has 114 valence electrons. The quantitative estimate of drug-likeness (QED) is 0.676. The molecule has 0 saturated heterocycles. The maximum Gasteiger partial charge on any atom is 0.334 e. The van der Waals surface area contributed by atoms with E-state index in [1.807, 2.05) is 33.1 Å². The van der Waals surface area contributed by atoms with Gasteiger partial charge in [-0.25, -0.2) is 9.67 Å². The number of hydrogen-bond acceptors (Lipinski definition) is 6. The highest BCUT2D eigenvalue weighted by Gasteiger charge is 2.29. The Labute approximate surface area is 127 Å². The van der Waals surface area contributed by atoms with Gasteiger partial charge in [-0.15, -0.1) is 11.3 Å². The molecule has 1 atom stereocenters.